The Hall–Kier alpha value is -1.22. The molecule has 0 aliphatic heterocycles. The molecule has 1 rings (SSSR count). The highest BCUT2D eigenvalue weighted by molar-refractivity contribution is 6.33. The maximum absolute atomic E-state index is 11.6. The maximum Gasteiger partial charge on any atom is 0.227 e. The summed E-state index contributed by atoms with van der Waals surface area (Å²) in [5, 5.41) is 3.28. The van der Waals surface area contributed by atoms with Gasteiger partial charge in [0.1, 0.15) is 0 Å². The van der Waals surface area contributed by atoms with Crippen LogP contribution in [0, 0.1) is 5.92 Å². The maximum atomic E-state index is 11.6. The van der Waals surface area contributed by atoms with Gasteiger partial charge in [0.05, 0.1) is 10.7 Å². The van der Waals surface area contributed by atoms with Gasteiger partial charge in [-0.3, -0.25) is 4.79 Å². The number of halogens is 1. The van der Waals surface area contributed by atoms with E-state index in [1.807, 2.05) is 13.8 Å². The molecule has 1 aromatic carbocycles. The molecule has 0 bridgehead atoms. The van der Waals surface area contributed by atoms with Crippen molar-refractivity contribution in [1.82, 2.24) is 0 Å². The normalized spacial score (nSPS) is 12.2. The van der Waals surface area contributed by atoms with E-state index >= 15 is 0 Å². The minimum atomic E-state index is -0.000720. The van der Waals surface area contributed by atoms with Crippen LogP contribution in [0.3, 0.4) is 0 Å². The average molecular weight is 227 g/mol. The summed E-state index contributed by atoms with van der Waals surface area (Å²) < 4.78 is 0. The second kappa shape index (κ2) is 5.03. The van der Waals surface area contributed by atoms with Crippen molar-refractivity contribution in [2.45, 2.75) is 20.3 Å². The number of hydrogen-bond acceptors (Lipinski definition) is 2. The highest BCUT2D eigenvalue weighted by atomic mass is 35.5. The number of carbonyl (C=O) groups is 1. The van der Waals surface area contributed by atoms with E-state index in [4.69, 9.17) is 17.3 Å². The Labute approximate surface area is 94.6 Å². The predicted molar refractivity (Wildman–Crippen MR) is 63.9 cm³/mol. The van der Waals surface area contributed by atoms with Crippen molar-refractivity contribution < 1.29 is 4.79 Å². The van der Waals surface area contributed by atoms with Gasteiger partial charge in [0.25, 0.3) is 0 Å². The first-order valence-corrected chi connectivity index (χ1v) is 5.28. The van der Waals surface area contributed by atoms with Crippen LogP contribution in [-0.4, -0.2) is 5.91 Å². The smallest absolute Gasteiger partial charge is 0.227 e. The SMILES string of the molecule is CC[C@H](C)C(=O)Nc1ccc(Cl)c(N)c1. The van der Waals surface area contributed by atoms with Crippen LogP contribution in [0.2, 0.25) is 5.02 Å². The minimum Gasteiger partial charge on any atom is -0.397 e. The van der Waals surface area contributed by atoms with E-state index in [0.717, 1.165) is 6.42 Å². The van der Waals surface area contributed by atoms with E-state index in [9.17, 15) is 4.79 Å². The van der Waals surface area contributed by atoms with Crippen LogP contribution in [0.5, 0.6) is 0 Å². The van der Waals surface area contributed by atoms with Crippen molar-refractivity contribution >= 4 is 28.9 Å². The predicted octanol–water partition coefficient (Wildman–Crippen LogP) is 2.91. The number of amides is 1. The molecule has 0 saturated carbocycles. The largest absolute Gasteiger partial charge is 0.397 e. The molecule has 1 atom stereocenters. The van der Waals surface area contributed by atoms with Crippen LogP contribution in [0.1, 0.15) is 20.3 Å². The standard InChI is InChI=1S/C11H15ClN2O/c1-3-7(2)11(15)14-8-4-5-9(12)10(13)6-8/h4-7H,3,13H2,1-2H3,(H,14,15)/t7-/m0/s1. The third kappa shape index (κ3) is 3.13. The lowest BCUT2D eigenvalue weighted by Gasteiger charge is -2.10. The summed E-state index contributed by atoms with van der Waals surface area (Å²) in [6.45, 7) is 3.86. The monoisotopic (exact) mass is 226 g/mol. The van der Waals surface area contributed by atoms with Crippen LogP contribution < -0.4 is 11.1 Å². The van der Waals surface area contributed by atoms with Crippen molar-refractivity contribution in [3.63, 3.8) is 0 Å². The van der Waals surface area contributed by atoms with E-state index in [-0.39, 0.29) is 11.8 Å². The Morgan fingerprint density at radius 2 is 2.27 bits per heavy atom. The van der Waals surface area contributed by atoms with Gasteiger partial charge in [-0.1, -0.05) is 25.4 Å². The summed E-state index contributed by atoms with van der Waals surface area (Å²) >= 11 is 5.77. The van der Waals surface area contributed by atoms with Gasteiger partial charge in [-0.15, -0.1) is 0 Å². The van der Waals surface area contributed by atoms with E-state index < -0.39 is 0 Å². The van der Waals surface area contributed by atoms with Gasteiger partial charge in [-0.2, -0.15) is 0 Å². The lowest BCUT2D eigenvalue weighted by atomic mass is 10.1. The first-order chi connectivity index (χ1) is 7.04. The van der Waals surface area contributed by atoms with Gasteiger partial charge >= 0.3 is 0 Å². The van der Waals surface area contributed by atoms with Crippen LogP contribution in [0.4, 0.5) is 11.4 Å². The molecule has 1 aromatic rings. The highest BCUT2D eigenvalue weighted by Crippen LogP contribution is 2.22. The van der Waals surface area contributed by atoms with E-state index in [1.165, 1.54) is 0 Å². The van der Waals surface area contributed by atoms with Gasteiger partial charge in [0.2, 0.25) is 5.91 Å². The number of rotatable bonds is 3. The quantitative estimate of drug-likeness (QED) is 0.779. The van der Waals surface area contributed by atoms with Gasteiger partial charge < -0.3 is 11.1 Å². The summed E-state index contributed by atoms with van der Waals surface area (Å²) in [6, 6.07) is 5.06. The summed E-state index contributed by atoms with van der Waals surface area (Å²) in [5.41, 5.74) is 6.78. The molecule has 0 aromatic heterocycles. The molecule has 0 radical (unpaired) electrons. The van der Waals surface area contributed by atoms with E-state index in [0.29, 0.717) is 16.4 Å². The number of benzene rings is 1. The van der Waals surface area contributed by atoms with Crippen LogP contribution >= 0.6 is 11.6 Å². The molecule has 1 amide bonds. The first kappa shape index (κ1) is 11.9. The van der Waals surface area contributed by atoms with Crippen molar-refractivity contribution in [1.29, 1.82) is 0 Å². The summed E-state index contributed by atoms with van der Waals surface area (Å²) in [7, 11) is 0. The lowest BCUT2D eigenvalue weighted by Crippen LogP contribution is -2.19. The Morgan fingerprint density at radius 1 is 1.60 bits per heavy atom. The Balaban J connectivity index is 2.73. The zero-order chi connectivity index (χ0) is 11.4. The molecule has 15 heavy (non-hydrogen) atoms. The van der Waals surface area contributed by atoms with Crippen molar-refractivity contribution in [2.75, 3.05) is 11.1 Å². The molecule has 0 fully saturated rings. The summed E-state index contributed by atoms with van der Waals surface area (Å²) in [4.78, 5) is 11.6. The first-order valence-electron chi connectivity index (χ1n) is 4.90. The van der Waals surface area contributed by atoms with Gasteiger partial charge in [0.15, 0.2) is 0 Å². The highest BCUT2D eigenvalue weighted by Gasteiger charge is 2.10. The number of anilines is 2. The topological polar surface area (TPSA) is 55.1 Å². The number of hydrogen-bond donors (Lipinski definition) is 2. The third-order valence-electron chi connectivity index (χ3n) is 2.32. The molecule has 82 valence electrons. The number of nitrogen functional groups attached to an aromatic ring is 1. The minimum absolute atomic E-state index is 0.000720. The van der Waals surface area contributed by atoms with Crippen molar-refractivity contribution in [2.24, 2.45) is 5.92 Å². The van der Waals surface area contributed by atoms with Crippen LogP contribution in [0.15, 0.2) is 18.2 Å². The van der Waals surface area contributed by atoms with Crippen LogP contribution in [0.25, 0.3) is 0 Å². The molecular weight excluding hydrogens is 212 g/mol. The summed E-state index contributed by atoms with van der Waals surface area (Å²) in [6.07, 6.45) is 0.814. The van der Waals surface area contributed by atoms with Gasteiger partial charge in [-0.05, 0) is 24.6 Å². The fourth-order valence-electron chi connectivity index (χ4n) is 1.07. The molecule has 0 unspecified atom stereocenters. The lowest BCUT2D eigenvalue weighted by molar-refractivity contribution is -0.119. The fraction of sp³-hybridized carbons (Fsp3) is 0.364. The summed E-state index contributed by atoms with van der Waals surface area (Å²) in [5.74, 6) is 0.00104. The number of nitrogens with one attached hydrogen (secondary N) is 1. The zero-order valence-corrected chi connectivity index (χ0v) is 9.64. The molecule has 0 saturated heterocycles. The zero-order valence-electron chi connectivity index (χ0n) is 8.88. The van der Waals surface area contributed by atoms with Crippen molar-refractivity contribution in [3.05, 3.63) is 23.2 Å². The number of nitrogens with two attached hydrogens (primary N) is 1. The molecule has 0 spiro atoms. The Morgan fingerprint density at radius 3 is 2.80 bits per heavy atom. The molecule has 0 aliphatic rings. The third-order valence-corrected chi connectivity index (χ3v) is 2.67. The second-order valence-electron chi connectivity index (χ2n) is 3.53. The molecular formula is C11H15ClN2O. The Kier molecular flexibility index (Phi) is 3.97. The van der Waals surface area contributed by atoms with Gasteiger partial charge in [-0.25, -0.2) is 0 Å². The Bertz CT molecular complexity index is 366. The molecule has 4 heteroatoms. The molecule has 0 aliphatic carbocycles. The average Bonchev–Trinajstić information content (AvgIpc) is 2.22. The van der Waals surface area contributed by atoms with Crippen LogP contribution in [-0.2, 0) is 4.79 Å². The molecule has 0 heterocycles. The number of carbonyl (C=O) groups excluding carboxylic acids is 1. The van der Waals surface area contributed by atoms with E-state index in [2.05, 4.69) is 5.32 Å². The van der Waals surface area contributed by atoms with E-state index in [1.54, 1.807) is 18.2 Å². The van der Waals surface area contributed by atoms with Gasteiger partial charge in [0, 0.05) is 11.6 Å². The molecule has 3 nitrogen and oxygen atoms in total. The van der Waals surface area contributed by atoms with Crippen molar-refractivity contribution in [3.8, 4) is 0 Å². The molecule has 3 N–H and O–H groups in total. The fourth-order valence-corrected chi connectivity index (χ4v) is 1.19. The second-order valence-corrected chi connectivity index (χ2v) is 3.94.